The van der Waals surface area contributed by atoms with Gasteiger partial charge in [0.25, 0.3) is 0 Å². The van der Waals surface area contributed by atoms with Crippen LogP contribution in [0, 0.1) is 5.82 Å². The van der Waals surface area contributed by atoms with Crippen molar-refractivity contribution in [3.8, 4) is 0 Å². The van der Waals surface area contributed by atoms with E-state index in [1.54, 1.807) is 0 Å². The topological polar surface area (TPSA) is 90.4 Å². The average Bonchev–Trinajstić information content (AvgIpc) is 2.72. The molecule has 31 heavy (non-hydrogen) atoms. The Hall–Kier alpha value is -2.66. The Balaban J connectivity index is 1.69. The van der Waals surface area contributed by atoms with Crippen LogP contribution < -0.4 is 10.6 Å². The highest BCUT2D eigenvalue weighted by Gasteiger charge is 2.36. The molecule has 1 aromatic heterocycles. The third-order valence-corrected chi connectivity index (χ3v) is 5.20. The predicted molar refractivity (Wildman–Crippen MR) is 105 cm³/mol. The maximum Gasteiger partial charge on any atom is 0.408 e. The second kappa shape index (κ2) is 9.23. The van der Waals surface area contributed by atoms with E-state index in [2.05, 4.69) is 20.6 Å². The molecule has 0 aliphatic carbocycles. The van der Waals surface area contributed by atoms with Gasteiger partial charge in [-0.05, 0) is 36.6 Å². The third kappa shape index (κ3) is 5.53. The molecular formula is C19H20ClF4N5O2. The van der Waals surface area contributed by atoms with Crippen molar-refractivity contribution in [2.24, 2.45) is 0 Å². The van der Waals surface area contributed by atoms with Crippen molar-refractivity contribution in [3.63, 3.8) is 0 Å². The summed E-state index contributed by atoms with van der Waals surface area (Å²) < 4.78 is 52.0. The van der Waals surface area contributed by atoms with Gasteiger partial charge in [-0.15, -0.1) is 0 Å². The van der Waals surface area contributed by atoms with E-state index in [-0.39, 0.29) is 17.5 Å². The number of carbonyl (C=O) groups is 1. The number of alkyl halides is 3. The molecule has 0 spiro atoms. The summed E-state index contributed by atoms with van der Waals surface area (Å²) in [5.74, 6) is -0.862. The molecule has 2 atom stereocenters. The standard InChI is InChI=1S/C19H20ClF4N5O2/c1-10(19(22,23)24)26-17-25-7-12-4-5-29(8-15(12)27-17)18(31)28-16(9-30)11-2-3-13(20)14(21)6-11/h2-3,6-7,10,16,30H,4-5,8-9H2,1H3,(H,28,31)(H,25,26,27)/t10-,16+/m0/s1. The van der Waals surface area contributed by atoms with Crippen molar-refractivity contribution >= 4 is 23.6 Å². The first-order valence-corrected chi connectivity index (χ1v) is 9.75. The van der Waals surface area contributed by atoms with Crippen molar-refractivity contribution in [1.82, 2.24) is 20.2 Å². The van der Waals surface area contributed by atoms with E-state index in [1.807, 2.05) is 0 Å². The Morgan fingerprint density at radius 2 is 2.13 bits per heavy atom. The van der Waals surface area contributed by atoms with Crippen molar-refractivity contribution < 1.29 is 27.5 Å². The van der Waals surface area contributed by atoms with E-state index in [4.69, 9.17) is 11.6 Å². The lowest BCUT2D eigenvalue weighted by atomic mass is 10.1. The van der Waals surface area contributed by atoms with Crippen LogP contribution in [0.2, 0.25) is 5.02 Å². The zero-order chi connectivity index (χ0) is 22.8. The molecule has 1 aliphatic heterocycles. The van der Waals surface area contributed by atoms with Gasteiger partial charge in [-0.1, -0.05) is 17.7 Å². The number of amides is 2. The normalized spacial score (nSPS) is 15.8. The first-order chi connectivity index (χ1) is 14.6. The number of anilines is 1. The summed E-state index contributed by atoms with van der Waals surface area (Å²) in [6.07, 6.45) is -2.60. The van der Waals surface area contributed by atoms with E-state index < -0.39 is 36.7 Å². The molecule has 0 saturated carbocycles. The van der Waals surface area contributed by atoms with Crippen LogP contribution in [0.15, 0.2) is 24.4 Å². The molecule has 2 heterocycles. The molecule has 2 amide bonds. The van der Waals surface area contributed by atoms with Crippen LogP contribution in [-0.2, 0) is 13.0 Å². The average molecular weight is 462 g/mol. The fourth-order valence-corrected chi connectivity index (χ4v) is 3.14. The number of halogens is 5. The first-order valence-electron chi connectivity index (χ1n) is 9.37. The van der Waals surface area contributed by atoms with Crippen molar-refractivity contribution in [1.29, 1.82) is 0 Å². The molecule has 2 aromatic rings. The monoisotopic (exact) mass is 461 g/mol. The third-order valence-electron chi connectivity index (χ3n) is 4.90. The summed E-state index contributed by atoms with van der Waals surface area (Å²) in [5.41, 5.74) is 1.49. The Kier molecular flexibility index (Phi) is 6.85. The summed E-state index contributed by atoms with van der Waals surface area (Å²) in [6, 6.07) is 0.713. The van der Waals surface area contributed by atoms with Gasteiger partial charge in [-0.25, -0.2) is 19.2 Å². The van der Waals surface area contributed by atoms with Gasteiger partial charge in [0, 0.05) is 12.7 Å². The molecule has 0 radical (unpaired) electrons. The highest BCUT2D eigenvalue weighted by atomic mass is 35.5. The molecule has 0 bridgehead atoms. The van der Waals surface area contributed by atoms with Gasteiger partial charge in [0.2, 0.25) is 5.95 Å². The van der Waals surface area contributed by atoms with Crippen LogP contribution in [0.1, 0.15) is 29.8 Å². The Morgan fingerprint density at radius 3 is 2.77 bits per heavy atom. The summed E-state index contributed by atoms with van der Waals surface area (Å²) in [6.45, 7) is 0.854. The highest BCUT2D eigenvalue weighted by Crippen LogP contribution is 2.24. The van der Waals surface area contributed by atoms with Gasteiger partial charge < -0.3 is 20.6 Å². The largest absolute Gasteiger partial charge is 0.408 e. The van der Waals surface area contributed by atoms with Crippen molar-refractivity contribution in [3.05, 3.63) is 52.1 Å². The number of aliphatic hydroxyl groups excluding tert-OH is 1. The number of fused-ring (bicyclic) bond motifs is 1. The molecule has 7 nitrogen and oxygen atoms in total. The fourth-order valence-electron chi connectivity index (χ4n) is 3.03. The van der Waals surface area contributed by atoms with E-state index in [1.165, 1.54) is 23.2 Å². The molecule has 0 unspecified atom stereocenters. The lowest BCUT2D eigenvalue weighted by Gasteiger charge is -2.30. The van der Waals surface area contributed by atoms with Crippen LogP contribution >= 0.6 is 11.6 Å². The van der Waals surface area contributed by atoms with Crippen LogP contribution in [0.5, 0.6) is 0 Å². The summed E-state index contributed by atoms with van der Waals surface area (Å²) in [5, 5.41) is 14.4. The van der Waals surface area contributed by atoms with E-state index in [9.17, 15) is 27.5 Å². The number of rotatable bonds is 5. The SMILES string of the molecule is C[C@H](Nc1ncc2c(n1)CN(C(=O)N[C@H](CO)c1ccc(Cl)c(F)c1)CC2)C(F)(F)F. The Bertz CT molecular complexity index is 959. The van der Waals surface area contributed by atoms with Gasteiger partial charge in [-0.2, -0.15) is 13.2 Å². The number of benzene rings is 1. The van der Waals surface area contributed by atoms with Crippen LogP contribution in [0.25, 0.3) is 0 Å². The van der Waals surface area contributed by atoms with Crippen molar-refractivity contribution in [2.75, 3.05) is 18.5 Å². The first kappa shape index (κ1) is 23.0. The molecule has 0 fully saturated rings. The quantitative estimate of drug-likeness (QED) is 0.593. The number of nitrogens with zero attached hydrogens (tertiary/aromatic N) is 3. The number of hydrogen-bond acceptors (Lipinski definition) is 5. The van der Waals surface area contributed by atoms with Gasteiger partial charge >= 0.3 is 12.2 Å². The van der Waals surface area contributed by atoms with Gasteiger partial charge in [0.1, 0.15) is 11.9 Å². The predicted octanol–water partition coefficient (Wildman–Crippen LogP) is 3.43. The molecule has 1 aromatic carbocycles. The molecule has 3 N–H and O–H groups in total. The molecule has 3 rings (SSSR count). The molecule has 0 saturated heterocycles. The van der Waals surface area contributed by atoms with Gasteiger partial charge in [0.15, 0.2) is 0 Å². The second-order valence-electron chi connectivity index (χ2n) is 7.10. The minimum absolute atomic E-state index is 0.0475. The number of aliphatic hydroxyl groups is 1. The van der Waals surface area contributed by atoms with Crippen molar-refractivity contribution in [2.45, 2.75) is 38.1 Å². The summed E-state index contributed by atoms with van der Waals surface area (Å²) in [7, 11) is 0. The zero-order valence-corrected chi connectivity index (χ0v) is 17.1. The zero-order valence-electron chi connectivity index (χ0n) is 16.4. The number of carbonyl (C=O) groups excluding carboxylic acids is 1. The van der Waals surface area contributed by atoms with Gasteiger partial charge in [-0.3, -0.25) is 0 Å². The maximum atomic E-state index is 13.7. The smallest absolute Gasteiger partial charge is 0.394 e. The number of aromatic nitrogens is 2. The Labute approximate surface area is 180 Å². The lowest BCUT2D eigenvalue weighted by molar-refractivity contribution is -0.138. The number of hydrogen-bond donors (Lipinski definition) is 3. The molecule has 168 valence electrons. The lowest BCUT2D eigenvalue weighted by Crippen LogP contribution is -2.45. The van der Waals surface area contributed by atoms with Crippen LogP contribution in [-0.4, -0.2) is 51.4 Å². The van der Waals surface area contributed by atoms with E-state index >= 15 is 0 Å². The maximum absolute atomic E-state index is 13.7. The minimum atomic E-state index is -4.45. The van der Waals surface area contributed by atoms with E-state index in [0.29, 0.717) is 24.2 Å². The van der Waals surface area contributed by atoms with Gasteiger partial charge in [0.05, 0.1) is 29.9 Å². The second-order valence-corrected chi connectivity index (χ2v) is 7.51. The summed E-state index contributed by atoms with van der Waals surface area (Å²) in [4.78, 5) is 22.1. The van der Waals surface area contributed by atoms with E-state index in [0.717, 1.165) is 18.6 Å². The number of urea groups is 1. The molecule has 1 aliphatic rings. The number of nitrogens with one attached hydrogen (secondary N) is 2. The highest BCUT2D eigenvalue weighted by molar-refractivity contribution is 6.30. The summed E-state index contributed by atoms with van der Waals surface area (Å²) >= 11 is 5.66. The Morgan fingerprint density at radius 1 is 1.39 bits per heavy atom. The minimum Gasteiger partial charge on any atom is -0.394 e. The van der Waals surface area contributed by atoms with Crippen LogP contribution in [0.4, 0.5) is 28.3 Å². The molecular weight excluding hydrogens is 442 g/mol. The fraction of sp³-hybridized carbons (Fsp3) is 0.421. The molecule has 12 heteroatoms. The van der Waals surface area contributed by atoms with Crippen LogP contribution in [0.3, 0.4) is 0 Å².